The number of para-hydroxylation sites is 1. The number of hydrogen-bond donors (Lipinski definition) is 3. The molecule has 0 radical (unpaired) electrons. The summed E-state index contributed by atoms with van der Waals surface area (Å²) in [6.45, 7) is 2.04. The Balaban J connectivity index is 2.50. The fourth-order valence-electron chi connectivity index (χ4n) is 1.71. The zero-order valence-electron chi connectivity index (χ0n) is 9.60. The Bertz CT molecular complexity index is 579. The van der Waals surface area contributed by atoms with Gasteiger partial charge < -0.3 is 15.9 Å². The Kier molecular flexibility index (Phi) is 3.09. The second kappa shape index (κ2) is 4.69. The molecule has 1 heterocycles. The number of nitrogens with two attached hydrogens (primary N) is 2. The standard InChI is InChI=1S/C12H14N4O/c1-2-10-9(7-15-16-12(13)14)8-5-3-4-6-11(8)17-10/h3-7H,2H2,1H3,(H4,13,14,16)/p+1/b15-7-. The van der Waals surface area contributed by atoms with Gasteiger partial charge in [0.2, 0.25) is 6.21 Å². The van der Waals surface area contributed by atoms with Gasteiger partial charge in [0, 0.05) is 16.9 Å². The van der Waals surface area contributed by atoms with Gasteiger partial charge in [0.25, 0.3) is 5.96 Å². The van der Waals surface area contributed by atoms with Gasteiger partial charge in [0.05, 0.1) is 5.56 Å². The SMILES string of the molecule is CCc1oc2ccccc2c1/C=[NH+]\N=C(N)N. The van der Waals surface area contributed by atoms with E-state index < -0.39 is 0 Å². The highest BCUT2D eigenvalue weighted by Gasteiger charge is 2.12. The van der Waals surface area contributed by atoms with Crippen molar-refractivity contribution in [2.75, 3.05) is 0 Å². The Morgan fingerprint density at radius 3 is 2.88 bits per heavy atom. The zero-order valence-corrected chi connectivity index (χ0v) is 9.60. The van der Waals surface area contributed by atoms with Crippen molar-refractivity contribution in [1.82, 2.24) is 0 Å². The Morgan fingerprint density at radius 1 is 1.41 bits per heavy atom. The molecule has 1 aromatic carbocycles. The molecular formula is C12H15N4O+. The Hall–Kier alpha value is -2.30. The molecule has 0 aliphatic carbocycles. The first kappa shape index (κ1) is 11.2. The summed E-state index contributed by atoms with van der Waals surface area (Å²) in [4.78, 5) is 0. The van der Waals surface area contributed by atoms with E-state index in [1.54, 1.807) is 6.21 Å². The van der Waals surface area contributed by atoms with E-state index in [4.69, 9.17) is 15.9 Å². The van der Waals surface area contributed by atoms with Gasteiger partial charge in [-0.05, 0) is 6.07 Å². The van der Waals surface area contributed by atoms with E-state index in [0.29, 0.717) is 0 Å². The quantitative estimate of drug-likeness (QED) is 0.384. The number of benzene rings is 1. The minimum absolute atomic E-state index is 0.00732. The van der Waals surface area contributed by atoms with Crippen LogP contribution in [0.3, 0.4) is 0 Å². The maximum Gasteiger partial charge on any atom is 0.256 e. The predicted molar refractivity (Wildman–Crippen MR) is 67.5 cm³/mol. The minimum Gasteiger partial charge on any atom is -0.460 e. The molecule has 0 atom stereocenters. The number of furan rings is 1. The summed E-state index contributed by atoms with van der Waals surface area (Å²) < 4.78 is 5.72. The van der Waals surface area contributed by atoms with Crippen LogP contribution in [0.15, 0.2) is 33.8 Å². The molecule has 5 N–H and O–H groups in total. The molecule has 5 nitrogen and oxygen atoms in total. The number of nitrogens with zero attached hydrogens (tertiary/aromatic N) is 1. The molecular weight excluding hydrogens is 216 g/mol. The van der Waals surface area contributed by atoms with Gasteiger partial charge >= 0.3 is 0 Å². The second-order valence-electron chi connectivity index (χ2n) is 3.60. The van der Waals surface area contributed by atoms with E-state index in [1.807, 2.05) is 31.2 Å². The van der Waals surface area contributed by atoms with Crippen molar-refractivity contribution < 1.29 is 9.52 Å². The van der Waals surface area contributed by atoms with Gasteiger partial charge in [-0.15, -0.1) is 5.10 Å². The first-order chi connectivity index (χ1) is 8.22. The van der Waals surface area contributed by atoms with E-state index >= 15 is 0 Å². The van der Waals surface area contributed by atoms with E-state index in [-0.39, 0.29) is 5.96 Å². The predicted octanol–water partition coefficient (Wildman–Crippen LogP) is -0.317. The van der Waals surface area contributed by atoms with Crippen LogP contribution in [0.25, 0.3) is 11.0 Å². The number of hydrazone groups is 1. The second-order valence-corrected chi connectivity index (χ2v) is 3.60. The van der Waals surface area contributed by atoms with Crippen LogP contribution in [0.1, 0.15) is 18.2 Å². The monoisotopic (exact) mass is 231 g/mol. The molecule has 0 spiro atoms. The van der Waals surface area contributed by atoms with Crippen LogP contribution in [-0.2, 0) is 6.42 Å². The summed E-state index contributed by atoms with van der Waals surface area (Å²) in [5.41, 5.74) is 12.3. The first-order valence-corrected chi connectivity index (χ1v) is 5.40. The third-order valence-corrected chi connectivity index (χ3v) is 2.43. The molecule has 0 fully saturated rings. The van der Waals surface area contributed by atoms with Crippen molar-refractivity contribution in [3.05, 3.63) is 35.6 Å². The number of guanidine groups is 1. The van der Waals surface area contributed by atoms with Crippen molar-refractivity contribution >= 4 is 23.1 Å². The Labute approximate surface area is 98.8 Å². The largest absolute Gasteiger partial charge is 0.460 e. The summed E-state index contributed by atoms with van der Waals surface area (Å²) in [5.74, 6) is 0.900. The lowest BCUT2D eigenvalue weighted by Gasteiger charge is -1.88. The highest BCUT2D eigenvalue weighted by molar-refractivity contribution is 5.97. The first-order valence-electron chi connectivity index (χ1n) is 5.40. The molecule has 2 aromatic rings. The summed E-state index contributed by atoms with van der Waals surface area (Å²) in [7, 11) is 0. The molecule has 0 saturated carbocycles. The number of fused-ring (bicyclic) bond motifs is 1. The third-order valence-electron chi connectivity index (χ3n) is 2.43. The van der Waals surface area contributed by atoms with Crippen LogP contribution in [0.2, 0.25) is 0 Å². The van der Waals surface area contributed by atoms with Crippen molar-refractivity contribution in [2.24, 2.45) is 16.6 Å². The molecule has 0 bridgehead atoms. The summed E-state index contributed by atoms with van der Waals surface area (Å²) in [6, 6.07) is 7.85. The number of rotatable bonds is 3. The van der Waals surface area contributed by atoms with Crippen LogP contribution in [-0.4, -0.2) is 12.2 Å². The third kappa shape index (κ3) is 2.28. The molecule has 0 aliphatic heterocycles. The average Bonchev–Trinajstić information content (AvgIpc) is 2.67. The topological polar surface area (TPSA) is 91.5 Å². The maximum atomic E-state index is 5.72. The van der Waals surface area contributed by atoms with Gasteiger partial charge in [-0.25, -0.2) is 0 Å². The van der Waals surface area contributed by atoms with Crippen molar-refractivity contribution in [1.29, 1.82) is 0 Å². The van der Waals surface area contributed by atoms with Gasteiger partial charge in [-0.2, -0.15) is 0 Å². The van der Waals surface area contributed by atoms with E-state index in [2.05, 4.69) is 10.2 Å². The van der Waals surface area contributed by atoms with Gasteiger partial charge in [0.15, 0.2) is 0 Å². The molecule has 88 valence electrons. The number of nitrogens with one attached hydrogen (secondary N) is 1. The fourth-order valence-corrected chi connectivity index (χ4v) is 1.71. The summed E-state index contributed by atoms with van der Waals surface area (Å²) in [5, 5.41) is 7.46. The fraction of sp³-hybridized carbons (Fsp3) is 0.167. The minimum atomic E-state index is -0.00732. The van der Waals surface area contributed by atoms with Crippen LogP contribution < -0.4 is 16.6 Å². The lowest BCUT2D eigenvalue weighted by atomic mass is 10.1. The van der Waals surface area contributed by atoms with E-state index in [0.717, 1.165) is 28.7 Å². The molecule has 0 saturated heterocycles. The molecule has 1 aromatic heterocycles. The molecule has 2 rings (SSSR count). The summed E-state index contributed by atoms with van der Waals surface area (Å²) >= 11 is 0. The average molecular weight is 231 g/mol. The number of hydrogen-bond acceptors (Lipinski definition) is 2. The highest BCUT2D eigenvalue weighted by atomic mass is 16.3. The van der Waals surface area contributed by atoms with Gasteiger partial charge in [-0.1, -0.05) is 25.1 Å². The normalized spacial score (nSPS) is 11.1. The molecule has 5 heteroatoms. The van der Waals surface area contributed by atoms with Gasteiger partial charge in [0.1, 0.15) is 11.3 Å². The lowest BCUT2D eigenvalue weighted by molar-refractivity contribution is -0.456. The van der Waals surface area contributed by atoms with E-state index in [1.165, 1.54) is 0 Å². The van der Waals surface area contributed by atoms with Crippen molar-refractivity contribution in [3.63, 3.8) is 0 Å². The van der Waals surface area contributed by atoms with Crippen molar-refractivity contribution in [2.45, 2.75) is 13.3 Å². The number of aryl methyl sites for hydroxylation is 1. The Morgan fingerprint density at radius 2 is 2.18 bits per heavy atom. The molecule has 17 heavy (non-hydrogen) atoms. The van der Waals surface area contributed by atoms with Crippen LogP contribution >= 0.6 is 0 Å². The van der Waals surface area contributed by atoms with Gasteiger partial charge in [-0.3, -0.25) is 0 Å². The van der Waals surface area contributed by atoms with Crippen LogP contribution in [0, 0.1) is 0 Å². The smallest absolute Gasteiger partial charge is 0.256 e. The molecule has 0 amide bonds. The lowest BCUT2D eigenvalue weighted by Crippen LogP contribution is -2.63. The zero-order chi connectivity index (χ0) is 12.3. The molecule has 0 unspecified atom stereocenters. The highest BCUT2D eigenvalue weighted by Crippen LogP contribution is 2.23. The van der Waals surface area contributed by atoms with Crippen LogP contribution in [0.4, 0.5) is 0 Å². The summed E-state index contributed by atoms with van der Waals surface area (Å²) in [6.07, 6.45) is 2.55. The maximum absolute atomic E-state index is 5.72. The van der Waals surface area contributed by atoms with Crippen LogP contribution in [0.5, 0.6) is 0 Å². The van der Waals surface area contributed by atoms with Crippen molar-refractivity contribution in [3.8, 4) is 0 Å². The van der Waals surface area contributed by atoms with E-state index in [9.17, 15) is 0 Å². The molecule has 0 aliphatic rings.